The van der Waals surface area contributed by atoms with Crippen LogP contribution in [-0.4, -0.2) is 51.0 Å². The molecule has 1 atom stereocenters. The van der Waals surface area contributed by atoms with E-state index in [9.17, 15) is 18.0 Å². The Hall–Kier alpha value is -1.64. The number of nitrogens with zero attached hydrogens (tertiary/aromatic N) is 1. The maximum absolute atomic E-state index is 12.2. The van der Waals surface area contributed by atoms with Gasteiger partial charge in [-0.2, -0.15) is 0 Å². The Morgan fingerprint density at radius 3 is 2.64 bits per heavy atom. The number of sulfonamides is 1. The highest BCUT2D eigenvalue weighted by Crippen LogP contribution is 2.20. The highest BCUT2D eigenvalue weighted by Gasteiger charge is 2.30. The molecule has 0 aromatic heterocycles. The zero-order valence-corrected chi connectivity index (χ0v) is 15.6. The number of piperidine rings is 1. The van der Waals surface area contributed by atoms with Crippen LogP contribution in [0.1, 0.15) is 18.4 Å². The number of halogens is 1. The zero-order chi connectivity index (χ0) is 18.4. The number of nitrogens with one attached hydrogen (secondary N) is 2. The molecule has 1 fully saturated rings. The number of carbonyl (C=O) groups is 2. The van der Waals surface area contributed by atoms with Crippen molar-refractivity contribution >= 4 is 33.4 Å². The number of benzene rings is 1. The number of hydrogen-bond acceptors (Lipinski definition) is 4. The maximum Gasteiger partial charge on any atom is 0.224 e. The van der Waals surface area contributed by atoms with E-state index in [0.29, 0.717) is 31.0 Å². The topological polar surface area (TPSA) is 95.6 Å². The molecule has 25 heavy (non-hydrogen) atoms. The van der Waals surface area contributed by atoms with Gasteiger partial charge in [0.15, 0.2) is 0 Å². The SMILES string of the molecule is CNS(=O)(=O)CCNC(=O)C1CCC(=O)N(Cc2ccc(Cl)cc2)C1. The van der Waals surface area contributed by atoms with Gasteiger partial charge in [0.05, 0.1) is 11.7 Å². The summed E-state index contributed by atoms with van der Waals surface area (Å²) in [6.45, 7) is 0.795. The minimum absolute atomic E-state index is 0.0109. The second kappa shape index (κ2) is 8.64. The fraction of sp³-hybridized carbons (Fsp3) is 0.500. The number of rotatable bonds is 7. The fourth-order valence-electron chi connectivity index (χ4n) is 2.65. The fourth-order valence-corrected chi connectivity index (χ4v) is 3.35. The van der Waals surface area contributed by atoms with Gasteiger partial charge in [-0.1, -0.05) is 23.7 Å². The summed E-state index contributed by atoms with van der Waals surface area (Å²) in [6.07, 6.45) is 0.779. The predicted molar refractivity (Wildman–Crippen MR) is 95.4 cm³/mol. The van der Waals surface area contributed by atoms with Gasteiger partial charge >= 0.3 is 0 Å². The standard InChI is InChI=1S/C16H22ClN3O4S/c1-18-25(23,24)9-8-19-16(22)13-4-7-15(21)20(11-13)10-12-2-5-14(17)6-3-12/h2-3,5-6,13,18H,4,7-11H2,1H3,(H,19,22). The van der Waals surface area contributed by atoms with E-state index in [2.05, 4.69) is 10.0 Å². The molecule has 7 nitrogen and oxygen atoms in total. The summed E-state index contributed by atoms with van der Waals surface area (Å²) < 4.78 is 24.9. The summed E-state index contributed by atoms with van der Waals surface area (Å²) in [4.78, 5) is 26.0. The Morgan fingerprint density at radius 1 is 1.32 bits per heavy atom. The van der Waals surface area contributed by atoms with E-state index in [0.717, 1.165) is 5.56 Å². The Balaban J connectivity index is 1.89. The van der Waals surface area contributed by atoms with Gasteiger partial charge in [0.25, 0.3) is 0 Å². The molecule has 0 bridgehead atoms. The van der Waals surface area contributed by atoms with Gasteiger partial charge in [0.2, 0.25) is 21.8 Å². The number of amides is 2. The van der Waals surface area contributed by atoms with E-state index in [1.807, 2.05) is 12.1 Å². The van der Waals surface area contributed by atoms with Crippen LogP contribution < -0.4 is 10.0 Å². The van der Waals surface area contributed by atoms with Crippen molar-refractivity contribution < 1.29 is 18.0 Å². The van der Waals surface area contributed by atoms with Crippen LogP contribution in [0.25, 0.3) is 0 Å². The van der Waals surface area contributed by atoms with Gasteiger partial charge in [-0.15, -0.1) is 0 Å². The molecule has 1 aromatic carbocycles. The van der Waals surface area contributed by atoms with Gasteiger partial charge in [0.1, 0.15) is 0 Å². The molecule has 9 heteroatoms. The zero-order valence-electron chi connectivity index (χ0n) is 14.0. The first-order valence-corrected chi connectivity index (χ1v) is 10.0. The summed E-state index contributed by atoms with van der Waals surface area (Å²) in [6, 6.07) is 7.22. The van der Waals surface area contributed by atoms with Crippen molar-refractivity contribution in [3.63, 3.8) is 0 Å². The molecule has 2 rings (SSSR count). The Morgan fingerprint density at radius 2 is 2.00 bits per heavy atom. The largest absolute Gasteiger partial charge is 0.355 e. The van der Waals surface area contributed by atoms with Crippen LogP contribution in [0.5, 0.6) is 0 Å². The Bertz CT molecular complexity index is 721. The molecule has 1 heterocycles. The van der Waals surface area contributed by atoms with Gasteiger partial charge in [-0.25, -0.2) is 13.1 Å². The lowest BCUT2D eigenvalue weighted by molar-refractivity contribution is -0.138. The second-order valence-electron chi connectivity index (χ2n) is 5.95. The van der Waals surface area contributed by atoms with E-state index < -0.39 is 10.0 Å². The van der Waals surface area contributed by atoms with Crippen molar-refractivity contribution in [3.05, 3.63) is 34.9 Å². The number of likely N-dealkylation sites (tertiary alicyclic amines) is 1. The molecule has 1 aliphatic rings. The average Bonchev–Trinajstić information content (AvgIpc) is 2.58. The monoisotopic (exact) mass is 387 g/mol. The molecule has 0 spiro atoms. The van der Waals surface area contributed by atoms with Crippen LogP contribution in [-0.2, 0) is 26.2 Å². The third-order valence-corrected chi connectivity index (χ3v) is 5.75. The lowest BCUT2D eigenvalue weighted by atomic mass is 9.96. The van der Waals surface area contributed by atoms with E-state index in [1.54, 1.807) is 17.0 Å². The molecular weight excluding hydrogens is 366 g/mol. The summed E-state index contributed by atoms with van der Waals surface area (Å²) in [5, 5.41) is 3.26. The molecule has 2 amide bonds. The molecule has 0 aliphatic carbocycles. The maximum atomic E-state index is 12.2. The van der Waals surface area contributed by atoms with Crippen molar-refractivity contribution in [3.8, 4) is 0 Å². The van der Waals surface area contributed by atoms with Crippen molar-refractivity contribution in [2.75, 3.05) is 25.9 Å². The van der Waals surface area contributed by atoms with E-state index in [4.69, 9.17) is 11.6 Å². The van der Waals surface area contributed by atoms with Crippen molar-refractivity contribution in [2.24, 2.45) is 5.92 Å². The molecular formula is C16H22ClN3O4S. The van der Waals surface area contributed by atoms with Crippen molar-refractivity contribution in [1.29, 1.82) is 0 Å². The Labute approximate surface area is 152 Å². The first-order chi connectivity index (χ1) is 11.8. The van der Waals surface area contributed by atoms with Crippen LogP contribution in [0, 0.1) is 5.92 Å². The summed E-state index contributed by atoms with van der Waals surface area (Å²) >= 11 is 5.86. The van der Waals surface area contributed by atoms with Crippen molar-refractivity contribution in [1.82, 2.24) is 14.9 Å². The summed E-state index contributed by atoms with van der Waals surface area (Å²) in [5.41, 5.74) is 0.943. The van der Waals surface area contributed by atoms with Gasteiger partial charge < -0.3 is 10.2 Å². The van der Waals surface area contributed by atoms with Crippen LogP contribution >= 0.6 is 11.6 Å². The van der Waals surface area contributed by atoms with Crippen LogP contribution in [0.2, 0.25) is 5.02 Å². The normalized spacial score (nSPS) is 18.2. The van der Waals surface area contributed by atoms with Crippen LogP contribution in [0.15, 0.2) is 24.3 Å². The third kappa shape index (κ3) is 5.98. The molecule has 138 valence electrons. The quantitative estimate of drug-likeness (QED) is 0.721. The van der Waals surface area contributed by atoms with E-state index >= 15 is 0 Å². The second-order valence-corrected chi connectivity index (χ2v) is 8.43. The molecule has 1 aromatic rings. The van der Waals surface area contributed by atoms with Gasteiger partial charge in [0, 0.05) is 31.1 Å². The lowest BCUT2D eigenvalue weighted by Gasteiger charge is -2.32. The Kier molecular flexibility index (Phi) is 6.80. The van der Waals surface area contributed by atoms with E-state index in [-0.39, 0.29) is 30.0 Å². The molecule has 0 saturated carbocycles. The number of hydrogen-bond donors (Lipinski definition) is 2. The molecule has 1 unspecified atom stereocenters. The first-order valence-electron chi connectivity index (χ1n) is 8.02. The summed E-state index contributed by atoms with van der Waals surface area (Å²) in [7, 11) is -2.02. The van der Waals surface area contributed by atoms with Gasteiger partial charge in [-0.3, -0.25) is 9.59 Å². The average molecular weight is 388 g/mol. The minimum Gasteiger partial charge on any atom is -0.355 e. The van der Waals surface area contributed by atoms with Crippen molar-refractivity contribution in [2.45, 2.75) is 19.4 Å². The number of carbonyl (C=O) groups excluding carboxylic acids is 2. The van der Waals surface area contributed by atoms with E-state index in [1.165, 1.54) is 7.05 Å². The molecule has 1 aliphatic heterocycles. The highest BCUT2D eigenvalue weighted by molar-refractivity contribution is 7.89. The first kappa shape index (κ1) is 19.7. The van der Waals surface area contributed by atoms with Crippen LogP contribution in [0.3, 0.4) is 0 Å². The molecule has 1 saturated heterocycles. The molecule has 0 radical (unpaired) electrons. The lowest BCUT2D eigenvalue weighted by Crippen LogP contribution is -2.46. The highest BCUT2D eigenvalue weighted by atomic mass is 35.5. The van der Waals surface area contributed by atoms with Crippen LogP contribution in [0.4, 0.5) is 0 Å². The smallest absolute Gasteiger partial charge is 0.224 e. The summed E-state index contributed by atoms with van der Waals surface area (Å²) in [5.74, 6) is -0.714. The minimum atomic E-state index is -3.35. The van der Waals surface area contributed by atoms with Gasteiger partial charge in [-0.05, 0) is 31.2 Å². The predicted octanol–water partition coefficient (Wildman–Crippen LogP) is 0.744. The third-order valence-electron chi connectivity index (χ3n) is 4.14. The molecule has 2 N–H and O–H groups in total.